The number of aliphatic hydroxyl groups excluding tert-OH is 1. The summed E-state index contributed by atoms with van der Waals surface area (Å²) < 4.78 is 5.22. The van der Waals surface area contributed by atoms with Crippen molar-refractivity contribution in [1.82, 2.24) is 0 Å². The van der Waals surface area contributed by atoms with Gasteiger partial charge in [0.1, 0.15) is 5.75 Å². The summed E-state index contributed by atoms with van der Waals surface area (Å²) in [5.41, 5.74) is 1.96. The summed E-state index contributed by atoms with van der Waals surface area (Å²) in [4.78, 5) is 0. The second-order valence-corrected chi connectivity index (χ2v) is 3.71. The van der Waals surface area contributed by atoms with E-state index >= 15 is 0 Å². The van der Waals surface area contributed by atoms with E-state index in [4.69, 9.17) is 4.74 Å². The third kappa shape index (κ3) is 3.29. The van der Waals surface area contributed by atoms with Crippen LogP contribution in [0.4, 0.5) is 0 Å². The van der Waals surface area contributed by atoms with Gasteiger partial charge in [-0.3, -0.25) is 0 Å². The number of rotatable bonds is 4. The minimum Gasteiger partial charge on any atom is -0.496 e. The molecule has 1 unspecified atom stereocenters. The minimum atomic E-state index is -0.463. The van der Waals surface area contributed by atoms with Gasteiger partial charge in [0.15, 0.2) is 0 Å². The fourth-order valence-electron chi connectivity index (χ4n) is 1.54. The standard InChI is InChI=1S/C14H18O2/c1-4-5-6-7-13(15)12-9-8-11(2)14(10-12)16-3/h8-10,13,15H,6-7H2,1-3H3. The number of hydrogen-bond acceptors (Lipinski definition) is 2. The number of aliphatic hydroxyl groups is 1. The summed E-state index contributed by atoms with van der Waals surface area (Å²) in [7, 11) is 1.64. The number of hydrogen-bond donors (Lipinski definition) is 1. The molecule has 2 nitrogen and oxygen atoms in total. The van der Waals surface area contributed by atoms with Crippen molar-refractivity contribution in [3.8, 4) is 17.6 Å². The normalized spacial score (nSPS) is 11.5. The maximum absolute atomic E-state index is 9.93. The van der Waals surface area contributed by atoms with Crippen LogP contribution in [0.5, 0.6) is 5.75 Å². The Morgan fingerprint density at radius 1 is 1.44 bits per heavy atom. The van der Waals surface area contributed by atoms with Crippen molar-refractivity contribution in [1.29, 1.82) is 0 Å². The van der Waals surface area contributed by atoms with E-state index in [2.05, 4.69) is 11.8 Å². The van der Waals surface area contributed by atoms with Crippen LogP contribution < -0.4 is 4.74 Å². The van der Waals surface area contributed by atoms with E-state index in [1.165, 1.54) is 0 Å². The van der Waals surface area contributed by atoms with E-state index in [0.717, 1.165) is 16.9 Å². The Morgan fingerprint density at radius 3 is 2.81 bits per heavy atom. The molecule has 0 amide bonds. The Labute approximate surface area is 97.3 Å². The fourth-order valence-corrected chi connectivity index (χ4v) is 1.54. The Morgan fingerprint density at radius 2 is 2.19 bits per heavy atom. The topological polar surface area (TPSA) is 29.5 Å². The van der Waals surface area contributed by atoms with Gasteiger partial charge in [-0.1, -0.05) is 12.1 Å². The lowest BCUT2D eigenvalue weighted by Crippen LogP contribution is -1.98. The highest BCUT2D eigenvalue weighted by atomic mass is 16.5. The lowest BCUT2D eigenvalue weighted by Gasteiger charge is -2.12. The molecule has 1 N–H and O–H groups in total. The van der Waals surface area contributed by atoms with Crippen LogP contribution >= 0.6 is 0 Å². The molecule has 1 rings (SSSR count). The van der Waals surface area contributed by atoms with Crippen LogP contribution in [-0.4, -0.2) is 12.2 Å². The Kier molecular flexibility index (Phi) is 4.88. The average molecular weight is 218 g/mol. The van der Waals surface area contributed by atoms with Crippen LogP contribution in [0.1, 0.15) is 37.0 Å². The van der Waals surface area contributed by atoms with E-state index in [-0.39, 0.29) is 0 Å². The first kappa shape index (κ1) is 12.6. The average Bonchev–Trinajstić information content (AvgIpc) is 2.30. The molecule has 1 aromatic carbocycles. The maximum Gasteiger partial charge on any atom is 0.122 e. The van der Waals surface area contributed by atoms with Crippen molar-refractivity contribution >= 4 is 0 Å². The van der Waals surface area contributed by atoms with Crippen LogP contribution in [0.15, 0.2) is 18.2 Å². The molecule has 0 aliphatic heterocycles. The quantitative estimate of drug-likeness (QED) is 0.787. The molecule has 0 saturated carbocycles. The molecule has 0 radical (unpaired) electrons. The van der Waals surface area contributed by atoms with Gasteiger partial charge in [0.2, 0.25) is 0 Å². The summed E-state index contributed by atoms with van der Waals surface area (Å²) in [5, 5.41) is 9.93. The molecule has 0 bridgehead atoms. The Bertz CT molecular complexity index is 399. The molecule has 2 heteroatoms. The molecule has 0 aromatic heterocycles. The summed E-state index contributed by atoms with van der Waals surface area (Å²) in [6.45, 7) is 3.79. The largest absolute Gasteiger partial charge is 0.496 e. The first-order valence-corrected chi connectivity index (χ1v) is 5.41. The van der Waals surface area contributed by atoms with Crippen LogP contribution in [0, 0.1) is 18.8 Å². The first-order chi connectivity index (χ1) is 7.69. The molecule has 1 aromatic rings. The molecule has 0 fully saturated rings. The van der Waals surface area contributed by atoms with Crippen LogP contribution in [0.2, 0.25) is 0 Å². The zero-order valence-corrected chi connectivity index (χ0v) is 10.1. The molecule has 86 valence electrons. The van der Waals surface area contributed by atoms with Crippen LogP contribution in [-0.2, 0) is 0 Å². The smallest absolute Gasteiger partial charge is 0.122 e. The number of benzene rings is 1. The lowest BCUT2D eigenvalue weighted by atomic mass is 10.0. The van der Waals surface area contributed by atoms with E-state index in [0.29, 0.717) is 12.8 Å². The highest BCUT2D eigenvalue weighted by Gasteiger charge is 2.08. The second-order valence-electron chi connectivity index (χ2n) is 3.71. The Balaban J connectivity index is 2.74. The molecule has 0 spiro atoms. The molecule has 0 aliphatic carbocycles. The van der Waals surface area contributed by atoms with Crippen LogP contribution in [0.25, 0.3) is 0 Å². The molecular formula is C14H18O2. The van der Waals surface area contributed by atoms with Crippen LogP contribution in [0.3, 0.4) is 0 Å². The third-order valence-electron chi connectivity index (χ3n) is 2.54. The number of ether oxygens (including phenoxy) is 1. The van der Waals surface area contributed by atoms with Crippen molar-refractivity contribution in [3.63, 3.8) is 0 Å². The summed E-state index contributed by atoms with van der Waals surface area (Å²) in [6, 6.07) is 5.78. The molecule has 0 saturated heterocycles. The zero-order chi connectivity index (χ0) is 12.0. The monoisotopic (exact) mass is 218 g/mol. The van der Waals surface area contributed by atoms with Gasteiger partial charge in [-0.15, -0.1) is 11.8 Å². The second kappa shape index (κ2) is 6.19. The highest BCUT2D eigenvalue weighted by Crippen LogP contribution is 2.25. The van der Waals surface area contributed by atoms with Gasteiger partial charge < -0.3 is 9.84 Å². The predicted molar refractivity (Wildman–Crippen MR) is 65.4 cm³/mol. The van der Waals surface area contributed by atoms with E-state index in [9.17, 15) is 5.11 Å². The fraction of sp³-hybridized carbons (Fsp3) is 0.429. The van der Waals surface area contributed by atoms with E-state index in [1.807, 2.05) is 25.1 Å². The molecule has 0 heterocycles. The van der Waals surface area contributed by atoms with Gasteiger partial charge in [0.05, 0.1) is 13.2 Å². The van der Waals surface area contributed by atoms with E-state index in [1.54, 1.807) is 14.0 Å². The molecule has 16 heavy (non-hydrogen) atoms. The van der Waals surface area contributed by atoms with Crippen molar-refractivity contribution in [2.75, 3.05) is 7.11 Å². The van der Waals surface area contributed by atoms with Gasteiger partial charge in [-0.05, 0) is 37.5 Å². The van der Waals surface area contributed by atoms with Crippen molar-refractivity contribution in [2.45, 2.75) is 32.8 Å². The number of methoxy groups -OCH3 is 1. The molecule has 0 aliphatic rings. The predicted octanol–water partition coefficient (Wildman–Crippen LogP) is 2.84. The van der Waals surface area contributed by atoms with Crippen molar-refractivity contribution in [2.24, 2.45) is 0 Å². The Hall–Kier alpha value is -1.46. The summed E-state index contributed by atoms with van der Waals surface area (Å²) >= 11 is 0. The SMILES string of the molecule is CC#CCCC(O)c1ccc(C)c(OC)c1. The van der Waals surface area contributed by atoms with Gasteiger partial charge in [0, 0.05) is 6.42 Å². The summed E-state index contributed by atoms with van der Waals surface area (Å²) in [6.07, 6.45) is 0.913. The number of aryl methyl sites for hydroxylation is 1. The van der Waals surface area contributed by atoms with Crippen molar-refractivity contribution in [3.05, 3.63) is 29.3 Å². The van der Waals surface area contributed by atoms with Gasteiger partial charge in [-0.25, -0.2) is 0 Å². The first-order valence-electron chi connectivity index (χ1n) is 5.41. The highest BCUT2D eigenvalue weighted by molar-refractivity contribution is 5.37. The van der Waals surface area contributed by atoms with Gasteiger partial charge in [0.25, 0.3) is 0 Å². The minimum absolute atomic E-state index is 0.463. The summed E-state index contributed by atoms with van der Waals surface area (Å²) in [5.74, 6) is 6.59. The molecular weight excluding hydrogens is 200 g/mol. The maximum atomic E-state index is 9.93. The van der Waals surface area contributed by atoms with Gasteiger partial charge in [-0.2, -0.15) is 0 Å². The van der Waals surface area contributed by atoms with Crippen molar-refractivity contribution < 1.29 is 9.84 Å². The molecule has 1 atom stereocenters. The van der Waals surface area contributed by atoms with E-state index < -0.39 is 6.10 Å². The van der Waals surface area contributed by atoms with Gasteiger partial charge >= 0.3 is 0 Å². The lowest BCUT2D eigenvalue weighted by molar-refractivity contribution is 0.169. The zero-order valence-electron chi connectivity index (χ0n) is 10.1. The third-order valence-corrected chi connectivity index (χ3v) is 2.54.